The molecule has 0 amide bonds. The molecular weight excluding hydrogens is 397 g/mol. The molecular formula is C24H20FN3O3. The molecule has 0 atom stereocenters. The first-order chi connectivity index (χ1) is 15.1. The molecule has 0 saturated carbocycles. The Balaban J connectivity index is 1.60. The smallest absolute Gasteiger partial charge is 0.215 e. The zero-order chi connectivity index (χ0) is 21.6. The molecule has 0 bridgehead atoms. The van der Waals surface area contributed by atoms with E-state index >= 15 is 0 Å². The summed E-state index contributed by atoms with van der Waals surface area (Å²) in [5, 5.41) is 16.4. The highest BCUT2D eigenvalue weighted by molar-refractivity contribution is 6.08. The molecule has 2 aromatic heterocycles. The van der Waals surface area contributed by atoms with Crippen molar-refractivity contribution in [1.29, 1.82) is 0 Å². The Bertz CT molecular complexity index is 1180. The number of aryl methyl sites for hydroxylation is 2. The molecule has 4 aromatic rings. The number of rotatable bonds is 8. The lowest BCUT2D eigenvalue weighted by molar-refractivity contribution is 0.104. The molecule has 31 heavy (non-hydrogen) atoms. The molecule has 0 aliphatic carbocycles. The van der Waals surface area contributed by atoms with Gasteiger partial charge in [-0.15, -0.1) is 0 Å². The van der Waals surface area contributed by atoms with Gasteiger partial charge in [0.15, 0.2) is 11.5 Å². The Labute approximate surface area is 178 Å². The van der Waals surface area contributed by atoms with Crippen LogP contribution in [-0.2, 0) is 19.3 Å². The SMILES string of the molecule is O=C(C=C(O)c1nc[nH]n1)c1cc(CCc2ccccc2)oc1Cc1ccc(F)cc1. The molecule has 0 unspecified atom stereocenters. The van der Waals surface area contributed by atoms with Gasteiger partial charge in [0.25, 0.3) is 0 Å². The number of aromatic amines is 1. The number of carbonyl (C=O) groups excluding carboxylic acids is 1. The van der Waals surface area contributed by atoms with E-state index < -0.39 is 5.78 Å². The van der Waals surface area contributed by atoms with E-state index in [2.05, 4.69) is 15.2 Å². The lowest BCUT2D eigenvalue weighted by Crippen LogP contribution is -2.00. The van der Waals surface area contributed by atoms with Crippen molar-refractivity contribution in [2.45, 2.75) is 19.3 Å². The number of hydrogen-bond acceptors (Lipinski definition) is 5. The van der Waals surface area contributed by atoms with E-state index in [9.17, 15) is 14.3 Å². The van der Waals surface area contributed by atoms with E-state index in [1.807, 2.05) is 30.3 Å². The van der Waals surface area contributed by atoms with Crippen molar-refractivity contribution in [2.75, 3.05) is 0 Å². The van der Waals surface area contributed by atoms with Crippen LogP contribution in [0.25, 0.3) is 5.76 Å². The predicted molar refractivity (Wildman–Crippen MR) is 113 cm³/mol. The van der Waals surface area contributed by atoms with Gasteiger partial charge < -0.3 is 9.52 Å². The number of nitrogens with one attached hydrogen (secondary N) is 1. The molecule has 0 fully saturated rings. The molecule has 0 radical (unpaired) electrons. The van der Waals surface area contributed by atoms with Crippen LogP contribution >= 0.6 is 0 Å². The monoisotopic (exact) mass is 417 g/mol. The van der Waals surface area contributed by atoms with Crippen LogP contribution in [0.5, 0.6) is 0 Å². The summed E-state index contributed by atoms with van der Waals surface area (Å²) in [4.78, 5) is 16.7. The number of hydrogen-bond donors (Lipinski definition) is 2. The Morgan fingerprint density at radius 3 is 2.55 bits per heavy atom. The minimum Gasteiger partial charge on any atom is -0.504 e. The van der Waals surface area contributed by atoms with E-state index in [0.29, 0.717) is 29.9 Å². The van der Waals surface area contributed by atoms with Gasteiger partial charge in [-0.2, -0.15) is 5.10 Å². The number of aliphatic hydroxyl groups excluding tert-OH is 1. The molecule has 0 spiro atoms. The lowest BCUT2D eigenvalue weighted by Gasteiger charge is -2.02. The fourth-order valence-electron chi connectivity index (χ4n) is 3.25. The molecule has 0 aliphatic heterocycles. The van der Waals surface area contributed by atoms with Crippen molar-refractivity contribution in [2.24, 2.45) is 0 Å². The fraction of sp³-hybridized carbons (Fsp3) is 0.125. The number of carbonyl (C=O) groups is 1. The maximum absolute atomic E-state index is 13.2. The van der Waals surface area contributed by atoms with Gasteiger partial charge in [0.1, 0.15) is 23.7 Å². The summed E-state index contributed by atoms with van der Waals surface area (Å²) in [6, 6.07) is 17.7. The zero-order valence-electron chi connectivity index (χ0n) is 16.6. The normalized spacial score (nSPS) is 11.6. The van der Waals surface area contributed by atoms with Crippen molar-refractivity contribution in [1.82, 2.24) is 15.2 Å². The van der Waals surface area contributed by atoms with Crippen molar-refractivity contribution >= 4 is 11.5 Å². The third-order valence-electron chi connectivity index (χ3n) is 4.82. The summed E-state index contributed by atoms with van der Waals surface area (Å²) in [7, 11) is 0. The standard InChI is InChI=1S/C24H20FN3O3/c25-18-9-6-17(7-10-18)12-23-20(21(29)14-22(30)24-26-15-27-28-24)13-19(31-23)11-8-16-4-2-1-3-5-16/h1-7,9-10,13-15,30H,8,11-12H2,(H,26,27,28). The summed E-state index contributed by atoms with van der Waals surface area (Å²) in [5.41, 5.74) is 2.31. The molecule has 2 aromatic carbocycles. The number of aliphatic hydroxyl groups is 1. The van der Waals surface area contributed by atoms with Crippen LogP contribution < -0.4 is 0 Å². The van der Waals surface area contributed by atoms with E-state index in [0.717, 1.165) is 23.6 Å². The summed E-state index contributed by atoms with van der Waals surface area (Å²) in [5.74, 6) is 0.0533. The Morgan fingerprint density at radius 2 is 1.84 bits per heavy atom. The minimum atomic E-state index is -0.422. The van der Waals surface area contributed by atoms with Crippen LogP contribution in [0.15, 0.2) is 77.5 Å². The molecule has 6 nitrogen and oxygen atoms in total. The van der Waals surface area contributed by atoms with Gasteiger partial charge in [0, 0.05) is 18.9 Å². The maximum Gasteiger partial charge on any atom is 0.215 e. The van der Waals surface area contributed by atoms with Crippen LogP contribution in [0.4, 0.5) is 4.39 Å². The van der Waals surface area contributed by atoms with Gasteiger partial charge in [-0.3, -0.25) is 9.89 Å². The Hall–Kier alpha value is -4.00. The summed E-state index contributed by atoms with van der Waals surface area (Å²) < 4.78 is 19.3. The van der Waals surface area contributed by atoms with Gasteiger partial charge >= 0.3 is 0 Å². The second kappa shape index (κ2) is 9.21. The average molecular weight is 417 g/mol. The first-order valence-corrected chi connectivity index (χ1v) is 9.79. The number of furan rings is 1. The van der Waals surface area contributed by atoms with E-state index in [4.69, 9.17) is 4.42 Å². The van der Waals surface area contributed by atoms with Gasteiger partial charge in [0.2, 0.25) is 5.82 Å². The van der Waals surface area contributed by atoms with Gasteiger partial charge in [-0.1, -0.05) is 42.5 Å². The molecule has 0 saturated heterocycles. The van der Waals surface area contributed by atoms with Crippen LogP contribution in [0.3, 0.4) is 0 Å². The quantitative estimate of drug-likeness (QED) is 0.246. The highest BCUT2D eigenvalue weighted by atomic mass is 19.1. The fourth-order valence-corrected chi connectivity index (χ4v) is 3.25. The second-order valence-electron chi connectivity index (χ2n) is 7.05. The number of halogens is 1. The molecule has 2 N–H and O–H groups in total. The van der Waals surface area contributed by atoms with Crippen LogP contribution in [-0.4, -0.2) is 26.1 Å². The van der Waals surface area contributed by atoms with Gasteiger partial charge in [-0.25, -0.2) is 9.37 Å². The zero-order valence-corrected chi connectivity index (χ0v) is 16.6. The van der Waals surface area contributed by atoms with Crippen LogP contribution in [0, 0.1) is 5.82 Å². The topological polar surface area (TPSA) is 92.0 Å². The third kappa shape index (κ3) is 5.14. The maximum atomic E-state index is 13.2. The number of benzene rings is 2. The lowest BCUT2D eigenvalue weighted by atomic mass is 10.0. The highest BCUT2D eigenvalue weighted by Gasteiger charge is 2.19. The average Bonchev–Trinajstić information content (AvgIpc) is 3.45. The van der Waals surface area contributed by atoms with E-state index in [-0.39, 0.29) is 17.4 Å². The summed E-state index contributed by atoms with van der Waals surface area (Å²) >= 11 is 0. The molecule has 7 heteroatoms. The van der Waals surface area contributed by atoms with Crippen molar-refractivity contribution in [3.05, 3.63) is 113 Å². The van der Waals surface area contributed by atoms with Gasteiger partial charge in [-0.05, 0) is 35.7 Å². The first-order valence-electron chi connectivity index (χ1n) is 9.79. The minimum absolute atomic E-state index is 0.0289. The Morgan fingerprint density at radius 1 is 1.06 bits per heavy atom. The number of ketones is 1. The van der Waals surface area contributed by atoms with E-state index in [1.54, 1.807) is 18.2 Å². The predicted octanol–water partition coefficient (Wildman–Crippen LogP) is 4.69. The third-order valence-corrected chi connectivity index (χ3v) is 4.82. The molecule has 4 rings (SSSR count). The number of allylic oxidation sites excluding steroid dienone is 1. The number of aromatic nitrogens is 3. The summed E-state index contributed by atoms with van der Waals surface area (Å²) in [6.45, 7) is 0. The van der Waals surface area contributed by atoms with Crippen LogP contribution in [0.1, 0.15) is 38.8 Å². The van der Waals surface area contributed by atoms with Crippen molar-refractivity contribution in [3.8, 4) is 0 Å². The van der Waals surface area contributed by atoms with Gasteiger partial charge in [0.05, 0.1) is 5.56 Å². The van der Waals surface area contributed by atoms with E-state index in [1.165, 1.54) is 18.5 Å². The van der Waals surface area contributed by atoms with Crippen LogP contribution in [0.2, 0.25) is 0 Å². The molecule has 156 valence electrons. The summed E-state index contributed by atoms with van der Waals surface area (Å²) in [6.07, 6.45) is 4.08. The molecule has 2 heterocycles. The van der Waals surface area contributed by atoms with Crippen molar-refractivity contribution in [3.63, 3.8) is 0 Å². The largest absolute Gasteiger partial charge is 0.504 e. The van der Waals surface area contributed by atoms with Crippen molar-refractivity contribution < 1.29 is 18.7 Å². The Kier molecular flexibility index (Phi) is 6.03. The number of nitrogens with zero attached hydrogens (tertiary/aromatic N) is 2. The molecule has 0 aliphatic rings. The second-order valence-corrected chi connectivity index (χ2v) is 7.05. The highest BCUT2D eigenvalue weighted by Crippen LogP contribution is 2.23. The first kappa shape index (κ1) is 20.3. The number of H-pyrrole nitrogens is 1.